The van der Waals surface area contributed by atoms with Crippen molar-refractivity contribution in [3.63, 3.8) is 0 Å². The van der Waals surface area contributed by atoms with Crippen LogP contribution in [0, 0.1) is 10.8 Å². The van der Waals surface area contributed by atoms with Crippen molar-refractivity contribution in [2.45, 2.75) is 41.5 Å². The highest BCUT2D eigenvalue weighted by molar-refractivity contribution is 5.81. The highest BCUT2D eigenvalue weighted by atomic mass is 16.2. The van der Waals surface area contributed by atoms with Crippen molar-refractivity contribution in [1.82, 2.24) is 10.6 Å². The molecule has 0 saturated heterocycles. The van der Waals surface area contributed by atoms with E-state index in [9.17, 15) is 4.79 Å². The van der Waals surface area contributed by atoms with Crippen molar-refractivity contribution in [3.8, 4) is 0 Å². The maximum absolute atomic E-state index is 11.5. The first-order valence-electron chi connectivity index (χ1n) is 5.62. The zero-order valence-electron chi connectivity index (χ0n) is 11.0. The summed E-state index contributed by atoms with van der Waals surface area (Å²) in [6, 6.07) is 0. The van der Waals surface area contributed by atoms with E-state index in [4.69, 9.17) is 0 Å². The van der Waals surface area contributed by atoms with E-state index in [1.165, 1.54) is 0 Å². The Labute approximate surface area is 94.0 Å². The Bertz CT molecular complexity index is 199. The first kappa shape index (κ1) is 14.4. The Balaban J connectivity index is 3.53. The number of carbonyl (C=O) groups excluding carboxylic acids is 1. The molecule has 0 aromatic heterocycles. The minimum atomic E-state index is -0.288. The lowest BCUT2D eigenvalue weighted by molar-refractivity contribution is -0.128. The van der Waals surface area contributed by atoms with E-state index in [1.807, 2.05) is 20.8 Å². The minimum absolute atomic E-state index is 0.111. The molecule has 0 aliphatic rings. The number of carbonyl (C=O) groups is 1. The second-order valence-corrected chi connectivity index (χ2v) is 6.24. The Kier molecular flexibility index (Phi) is 5.29. The first-order chi connectivity index (χ1) is 6.63. The molecular formula is C12H26N2O. The van der Waals surface area contributed by atoms with Crippen LogP contribution >= 0.6 is 0 Å². The van der Waals surface area contributed by atoms with Crippen LogP contribution in [-0.2, 0) is 4.79 Å². The third-order valence-corrected chi connectivity index (χ3v) is 1.92. The van der Waals surface area contributed by atoms with Crippen molar-refractivity contribution < 1.29 is 4.79 Å². The number of hydrogen-bond acceptors (Lipinski definition) is 2. The van der Waals surface area contributed by atoms with Crippen molar-refractivity contribution >= 4 is 5.91 Å². The molecule has 0 unspecified atom stereocenters. The molecule has 0 spiro atoms. The molecule has 0 heterocycles. The molecule has 0 rings (SSSR count). The van der Waals surface area contributed by atoms with E-state index >= 15 is 0 Å². The Morgan fingerprint density at radius 2 is 1.53 bits per heavy atom. The average Bonchev–Trinajstić information content (AvgIpc) is 1.99. The van der Waals surface area contributed by atoms with E-state index < -0.39 is 0 Å². The van der Waals surface area contributed by atoms with Crippen LogP contribution in [0.4, 0.5) is 0 Å². The van der Waals surface area contributed by atoms with Crippen molar-refractivity contribution in [3.05, 3.63) is 0 Å². The lowest BCUT2D eigenvalue weighted by atomic mass is 9.96. The molecule has 2 N–H and O–H groups in total. The standard InChI is InChI=1S/C12H26N2O/c1-11(2,3)9-13-7-8-14-10(15)12(4,5)6/h13H,7-9H2,1-6H3,(H,14,15). The third kappa shape index (κ3) is 8.43. The van der Waals surface area contributed by atoms with Crippen molar-refractivity contribution in [2.24, 2.45) is 10.8 Å². The number of hydrogen-bond donors (Lipinski definition) is 2. The molecule has 0 aromatic rings. The minimum Gasteiger partial charge on any atom is -0.354 e. The van der Waals surface area contributed by atoms with Gasteiger partial charge in [0.15, 0.2) is 0 Å². The predicted molar refractivity (Wildman–Crippen MR) is 64.8 cm³/mol. The van der Waals surface area contributed by atoms with Gasteiger partial charge in [-0.3, -0.25) is 4.79 Å². The van der Waals surface area contributed by atoms with Gasteiger partial charge in [0.2, 0.25) is 5.91 Å². The van der Waals surface area contributed by atoms with Crippen LogP contribution in [0.25, 0.3) is 0 Å². The molecule has 90 valence electrons. The highest BCUT2D eigenvalue weighted by Gasteiger charge is 2.20. The maximum Gasteiger partial charge on any atom is 0.225 e. The third-order valence-electron chi connectivity index (χ3n) is 1.92. The molecule has 0 radical (unpaired) electrons. The van der Waals surface area contributed by atoms with Gasteiger partial charge < -0.3 is 10.6 Å². The van der Waals surface area contributed by atoms with E-state index in [0.717, 1.165) is 13.1 Å². The molecule has 0 aliphatic heterocycles. The summed E-state index contributed by atoms with van der Waals surface area (Å²) in [6.45, 7) is 14.8. The summed E-state index contributed by atoms with van der Waals surface area (Å²) in [4.78, 5) is 11.5. The van der Waals surface area contributed by atoms with Crippen LogP contribution in [0.1, 0.15) is 41.5 Å². The maximum atomic E-state index is 11.5. The van der Waals surface area contributed by atoms with E-state index in [1.54, 1.807) is 0 Å². The molecule has 15 heavy (non-hydrogen) atoms. The number of rotatable bonds is 4. The van der Waals surface area contributed by atoms with Gasteiger partial charge in [-0.1, -0.05) is 41.5 Å². The van der Waals surface area contributed by atoms with E-state index in [-0.39, 0.29) is 11.3 Å². The van der Waals surface area contributed by atoms with Gasteiger partial charge in [-0.25, -0.2) is 0 Å². The van der Waals surface area contributed by atoms with Gasteiger partial charge in [0, 0.05) is 25.0 Å². The fourth-order valence-electron chi connectivity index (χ4n) is 0.993. The SMILES string of the molecule is CC(C)(C)CNCCNC(=O)C(C)(C)C. The van der Waals surface area contributed by atoms with Crippen LogP contribution in [0.2, 0.25) is 0 Å². The van der Waals surface area contributed by atoms with Gasteiger partial charge >= 0.3 is 0 Å². The molecule has 0 fully saturated rings. The van der Waals surface area contributed by atoms with Crippen LogP contribution in [0.5, 0.6) is 0 Å². The second-order valence-electron chi connectivity index (χ2n) is 6.24. The Hall–Kier alpha value is -0.570. The van der Waals surface area contributed by atoms with Gasteiger partial charge in [0.1, 0.15) is 0 Å². The fraction of sp³-hybridized carbons (Fsp3) is 0.917. The van der Waals surface area contributed by atoms with Gasteiger partial charge in [-0.2, -0.15) is 0 Å². The molecule has 0 bridgehead atoms. The largest absolute Gasteiger partial charge is 0.354 e. The van der Waals surface area contributed by atoms with Crippen LogP contribution < -0.4 is 10.6 Å². The second kappa shape index (κ2) is 5.50. The monoisotopic (exact) mass is 214 g/mol. The van der Waals surface area contributed by atoms with Crippen LogP contribution in [0.3, 0.4) is 0 Å². The number of amides is 1. The zero-order valence-corrected chi connectivity index (χ0v) is 11.0. The lowest BCUT2D eigenvalue weighted by Gasteiger charge is -2.20. The normalized spacial score (nSPS) is 12.7. The molecule has 0 atom stereocenters. The molecule has 1 amide bonds. The number of nitrogens with one attached hydrogen (secondary N) is 2. The molecular weight excluding hydrogens is 188 g/mol. The topological polar surface area (TPSA) is 41.1 Å². The smallest absolute Gasteiger partial charge is 0.225 e. The molecule has 0 aromatic carbocycles. The van der Waals surface area contributed by atoms with Crippen molar-refractivity contribution in [2.75, 3.05) is 19.6 Å². The molecule has 0 aliphatic carbocycles. The van der Waals surface area contributed by atoms with Gasteiger partial charge in [0.25, 0.3) is 0 Å². The summed E-state index contributed by atoms with van der Waals surface area (Å²) < 4.78 is 0. The zero-order chi connectivity index (χ0) is 12.1. The van der Waals surface area contributed by atoms with E-state index in [0.29, 0.717) is 12.0 Å². The fourth-order valence-corrected chi connectivity index (χ4v) is 0.993. The molecule has 3 heteroatoms. The van der Waals surface area contributed by atoms with Crippen molar-refractivity contribution in [1.29, 1.82) is 0 Å². The summed E-state index contributed by atoms with van der Waals surface area (Å²) in [5.74, 6) is 0.111. The van der Waals surface area contributed by atoms with Gasteiger partial charge in [-0.15, -0.1) is 0 Å². The first-order valence-corrected chi connectivity index (χ1v) is 5.62. The lowest BCUT2D eigenvalue weighted by Crippen LogP contribution is -2.40. The van der Waals surface area contributed by atoms with Crippen LogP contribution in [-0.4, -0.2) is 25.5 Å². The Morgan fingerprint density at radius 3 is 1.93 bits per heavy atom. The highest BCUT2D eigenvalue weighted by Crippen LogP contribution is 2.12. The summed E-state index contributed by atoms with van der Waals surface area (Å²) in [5.41, 5.74) is 0.0120. The van der Waals surface area contributed by atoms with E-state index in [2.05, 4.69) is 31.4 Å². The predicted octanol–water partition coefficient (Wildman–Crippen LogP) is 1.78. The Morgan fingerprint density at radius 1 is 1.00 bits per heavy atom. The molecule has 3 nitrogen and oxygen atoms in total. The summed E-state index contributed by atoms with van der Waals surface area (Å²) >= 11 is 0. The van der Waals surface area contributed by atoms with Crippen LogP contribution in [0.15, 0.2) is 0 Å². The summed E-state index contributed by atoms with van der Waals surface area (Å²) in [5, 5.41) is 6.22. The van der Waals surface area contributed by atoms with Gasteiger partial charge in [-0.05, 0) is 5.41 Å². The quantitative estimate of drug-likeness (QED) is 0.700. The molecule has 0 saturated carbocycles. The summed E-state index contributed by atoms with van der Waals surface area (Å²) in [7, 11) is 0. The van der Waals surface area contributed by atoms with Gasteiger partial charge in [0.05, 0.1) is 0 Å². The summed E-state index contributed by atoms with van der Waals surface area (Å²) in [6.07, 6.45) is 0. The average molecular weight is 214 g/mol.